The van der Waals surface area contributed by atoms with Crippen molar-refractivity contribution in [2.45, 2.75) is 70.1 Å². The topological polar surface area (TPSA) is 29.5 Å². The normalized spacial score (nSPS) is 15.0. The van der Waals surface area contributed by atoms with Gasteiger partial charge in [0.15, 0.2) is 0 Å². The lowest BCUT2D eigenvalue weighted by atomic mass is 10.0. The predicted molar refractivity (Wildman–Crippen MR) is 97.7 cm³/mol. The van der Waals surface area contributed by atoms with E-state index in [-0.39, 0.29) is 5.73 Å². The number of alkyl halides is 3. The van der Waals surface area contributed by atoms with Crippen molar-refractivity contribution in [2.24, 2.45) is 0 Å². The number of rotatable bonds is 10. The van der Waals surface area contributed by atoms with E-state index in [4.69, 9.17) is 4.74 Å². The zero-order valence-electron chi connectivity index (χ0n) is 15.3. The van der Waals surface area contributed by atoms with Crippen LogP contribution in [0.4, 0.5) is 13.2 Å². The molecule has 6 heteroatoms. The van der Waals surface area contributed by atoms with Crippen LogP contribution in [0.1, 0.15) is 56.3 Å². The van der Waals surface area contributed by atoms with Gasteiger partial charge < -0.3 is 9.53 Å². The lowest BCUT2D eigenvalue weighted by molar-refractivity contribution is -0.137. The average molecular weight is 375 g/mol. The second-order valence-electron chi connectivity index (χ2n) is 6.91. The zero-order chi connectivity index (χ0) is 19.1. The minimum Gasteiger partial charge on any atom is -0.430 e. The number of hydrogen-bond donors (Lipinski definition) is 1. The van der Waals surface area contributed by atoms with Crippen molar-refractivity contribution < 1.29 is 22.7 Å². The van der Waals surface area contributed by atoms with E-state index < -0.39 is 26.2 Å². The highest BCUT2D eigenvalue weighted by molar-refractivity contribution is 6.71. The van der Waals surface area contributed by atoms with E-state index in [2.05, 4.69) is 13.5 Å². The number of hydrogen-bond acceptors (Lipinski definition) is 2. The second kappa shape index (κ2) is 9.55. The van der Waals surface area contributed by atoms with Gasteiger partial charge in [0.05, 0.1) is 17.4 Å². The Hall–Kier alpha value is -1.11. The van der Waals surface area contributed by atoms with Gasteiger partial charge >= 0.3 is 6.18 Å². The highest BCUT2D eigenvalue weighted by atomic mass is 28.4. The van der Waals surface area contributed by atoms with E-state index in [1.165, 1.54) is 12.1 Å². The molecule has 0 aromatic heterocycles. The van der Waals surface area contributed by atoms with Crippen LogP contribution in [-0.2, 0) is 10.9 Å². The first-order chi connectivity index (χ1) is 11.6. The first-order valence-electron chi connectivity index (χ1n) is 8.75. The maximum Gasteiger partial charge on any atom is 0.416 e. The molecule has 0 radical (unpaired) electrons. The van der Waals surface area contributed by atoms with Gasteiger partial charge in [0.1, 0.15) is 0 Å². The summed E-state index contributed by atoms with van der Waals surface area (Å²) in [6.45, 7) is 9.50. The molecule has 0 saturated carbocycles. The molecule has 0 heterocycles. The van der Waals surface area contributed by atoms with Gasteiger partial charge in [-0.1, -0.05) is 44.4 Å². The Bertz CT molecular complexity index is 521. The summed E-state index contributed by atoms with van der Waals surface area (Å²) in [6, 6.07) is 5.04. The van der Waals surface area contributed by atoms with Crippen LogP contribution in [0.3, 0.4) is 0 Å². The second-order valence-corrected chi connectivity index (χ2v) is 10.9. The van der Waals surface area contributed by atoms with Crippen molar-refractivity contribution in [1.82, 2.24) is 0 Å². The average Bonchev–Trinajstić information content (AvgIpc) is 2.51. The molecule has 2 nitrogen and oxygen atoms in total. The van der Waals surface area contributed by atoms with E-state index in [1.54, 1.807) is 6.08 Å². The van der Waals surface area contributed by atoms with Crippen molar-refractivity contribution in [1.29, 1.82) is 0 Å². The first kappa shape index (κ1) is 21.9. The Labute approximate surface area is 149 Å². The zero-order valence-corrected chi connectivity index (χ0v) is 16.3. The third kappa shape index (κ3) is 7.34. The fourth-order valence-corrected chi connectivity index (χ4v) is 4.08. The summed E-state index contributed by atoms with van der Waals surface area (Å²) in [5, 5.41) is 0. The number of halogens is 3. The van der Waals surface area contributed by atoms with Crippen molar-refractivity contribution in [3.63, 3.8) is 0 Å². The standard InChI is InChI=1S/C19H29F3O2Si/c1-5-7-8-10-18(25(3,4)23)24-17(9-6-2)15-11-13-16(14-12-15)19(20,21)22/h6,11-14,17-18,23H,2,5,7-10H2,1,3-4H3/t17-,18+/m1/s1. The van der Waals surface area contributed by atoms with E-state index >= 15 is 0 Å². The van der Waals surface area contributed by atoms with Gasteiger partial charge in [-0.2, -0.15) is 13.2 Å². The van der Waals surface area contributed by atoms with Crippen LogP contribution in [0.5, 0.6) is 0 Å². The molecular formula is C19H29F3O2Si. The predicted octanol–water partition coefficient (Wildman–Crippen LogP) is 6.02. The molecule has 0 bridgehead atoms. The molecule has 0 aliphatic heterocycles. The summed E-state index contributed by atoms with van der Waals surface area (Å²) >= 11 is 0. The summed E-state index contributed by atoms with van der Waals surface area (Å²) in [4.78, 5) is 10.5. The van der Waals surface area contributed by atoms with Crippen molar-refractivity contribution in [3.8, 4) is 0 Å². The molecule has 0 amide bonds. The van der Waals surface area contributed by atoms with Crippen LogP contribution >= 0.6 is 0 Å². The van der Waals surface area contributed by atoms with Crippen LogP contribution in [0.2, 0.25) is 13.1 Å². The smallest absolute Gasteiger partial charge is 0.416 e. The maximum atomic E-state index is 12.7. The molecule has 1 N–H and O–H groups in total. The number of ether oxygens (including phenoxy) is 1. The van der Waals surface area contributed by atoms with Crippen LogP contribution in [0.15, 0.2) is 36.9 Å². The molecular weight excluding hydrogens is 345 g/mol. The monoisotopic (exact) mass is 374 g/mol. The third-order valence-corrected chi connectivity index (χ3v) is 6.18. The number of unbranched alkanes of at least 4 members (excludes halogenated alkanes) is 2. The molecule has 0 unspecified atom stereocenters. The van der Waals surface area contributed by atoms with Gasteiger partial charge in [0, 0.05) is 0 Å². The molecule has 1 aromatic carbocycles. The molecule has 0 spiro atoms. The fourth-order valence-electron chi connectivity index (χ4n) is 2.67. The molecule has 1 aromatic rings. The first-order valence-corrected chi connectivity index (χ1v) is 11.8. The number of benzene rings is 1. The molecule has 25 heavy (non-hydrogen) atoms. The fraction of sp³-hybridized carbons (Fsp3) is 0.579. The summed E-state index contributed by atoms with van der Waals surface area (Å²) in [5.41, 5.74) is -0.261. The molecule has 0 fully saturated rings. The molecule has 142 valence electrons. The van der Waals surface area contributed by atoms with Crippen molar-refractivity contribution in [2.75, 3.05) is 0 Å². The van der Waals surface area contributed by atoms with Gasteiger partial charge in [0.2, 0.25) is 8.32 Å². The van der Waals surface area contributed by atoms with Crippen molar-refractivity contribution >= 4 is 8.32 Å². The molecule has 0 aliphatic carbocycles. The molecule has 0 aliphatic rings. The lowest BCUT2D eigenvalue weighted by Gasteiger charge is -2.31. The van der Waals surface area contributed by atoms with E-state index in [9.17, 15) is 18.0 Å². The van der Waals surface area contributed by atoms with Crippen LogP contribution < -0.4 is 0 Å². The van der Waals surface area contributed by atoms with Gasteiger partial charge in [-0.15, -0.1) is 6.58 Å². The highest BCUT2D eigenvalue weighted by Gasteiger charge is 2.34. The minimum atomic E-state index is -4.35. The van der Waals surface area contributed by atoms with Gasteiger partial charge in [-0.3, -0.25) is 0 Å². The molecule has 1 rings (SSSR count). The third-order valence-electron chi connectivity index (χ3n) is 4.18. The SMILES string of the molecule is C=CC[C@@H](O[C@H](CCCCC)[Si](C)(C)O)c1ccc(C(F)(F)F)cc1. The van der Waals surface area contributed by atoms with Gasteiger partial charge in [0.25, 0.3) is 0 Å². The van der Waals surface area contributed by atoms with Gasteiger partial charge in [-0.05, 0) is 43.6 Å². The van der Waals surface area contributed by atoms with Gasteiger partial charge in [-0.25, -0.2) is 0 Å². The Balaban J connectivity index is 2.94. The summed E-state index contributed by atoms with van der Waals surface area (Å²) < 4.78 is 44.4. The van der Waals surface area contributed by atoms with E-state index in [0.717, 1.165) is 37.8 Å². The Morgan fingerprint density at radius 2 is 1.80 bits per heavy atom. The van der Waals surface area contributed by atoms with Crippen LogP contribution in [0, 0.1) is 0 Å². The van der Waals surface area contributed by atoms with Crippen LogP contribution in [-0.4, -0.2) is 18.8 Å². The Morgan fingerprint density at radius 1 is 1.20 bits per heavy atom. The largest absolute Gasteiger partial charge is 0.430 e. The summed E-state index contributed by atoms with van der Waals surface area (Å²) in [5.74, 6) is 0. The quantitative estimate of drug-likeness (QED) is 0.308. The molecule has 2 atom stereocenters. The van der Waals surface area contributed by atoms with E-state index in [1.807, 2.05) is 13.1 Å². The lowest BCUT2D eigenvalue weighted by Crippen LogP contribution is -2.44. The Kier molecular flexibility index (Phi) is 8.37. The Morgan fingerprint density at radius 3 is 2.24 bits per heavy atom. The minimum absolute atomic E-state index is 0.258. The van der Waals surface area contributed by atoms with Crippen LogP contribution in [0.25, 0.3) is 0 Å². The van der Waals surface area contributed by atoms with Crippen molar-refractivity contribution in [3.05, 3.63) is 48.0 Å². The summed E-state index contributed by atoms with van der Waals surface area (Å²) in [7, 11) is -2.54. The molecule has 0 saturated heterocycles. The van der Waals surface area contributed by atoms with E-state index in [0.29, 0.717) is 12.0 Å². The summed E-state index contributed by atoms with van der Waals surface area (Å²) in [6.07, 6.45) is 1.30. The maximum absolute atomic E-state index is 12.7. The highest BCUT2D eigenvalue weighted by Crippen LogP contribution is 2.32.